The van der Waals surface area contributed by atoms with Crippen LogP contribution in [0.15, 0.2) is 358 Å². The number of hydrogen-bond acceptors (Lipinski definition) is 12. The predicted octanol–water partition coefficient (Wildman–Crippen LogP) is 20.6. The number of aromatic carboxylic acids is 8. The predicted molar refractivity (Wildman–Crippen MR) is 459 cm³/mol. The molecular formula is C100H60N4O16. The number of benzene rings is 12. The van der Waals surface area contributed by atoms with Gasteiger partial charge in [0.05, 0.1) is 90.1 Å². The Balaban J connectivity index is 0.989. The van der Waals surface area contributed by atoms with Crippen LogP contribution in [-0.2, 0) is 0 Å². The number of carboxylic acids is 8. The maximum absolute atomic E-state index is 12.4. The van der Waals surface area contributed by atoms with E-state index in [4.69, 9.17) is 20.0 Å². The van der Waals surface area contributed by atoms with Crippen LogP contribution in [0.1, 0.15) is 105 Å². The highest BCUT2D eigenvalue weighted by molar-refractivity contribution is 6.40. The molecule has 0 radical (unpaired) electrons. The molecule has 0 aliphatic carbocycles. The van der Waals surface area contributed by atoms with Gasteiger partial charge in [0.15, 0.2) is 0 Å². The summed E-state index contributed by atoms with van der Waals surface area (Å²) in [5.41, 5.74) is 17.3. The highest BCUT2D eigenvalue weighted by Crippen LogP contribution is 2.45. The maximum atomic E-state index is 12.4. The molecule has 120 heavy (non-hydrogen) atoms. The van der Waals surface area contributed by atoms with Crippen LogP contribution >= 0.6 is 0 Å². The Kier molecular flexibility index (Phi) is 19.6. The monoisotopic (exact) mass is 1570 g/mol. The molecule has 17 rings (SSSR count). The van der Waals surface area contributed by atoms with E-state index in [1.807, 2.05) is 121 Å². The first-order chi connectivity index (χ1) is 58.0. The summed E-state index contributed by atoms with van der Waals surface area (Å²) in [5, 5.41) is 80.9. The van der Waals surface area contributed by atoms with Crippen molar-refractivity contribution in [3.63, 3.8) is 0 Å². The van der Waals surface area contributed by atoms with Crippen LogP contribution in [0.25, 0.3) is 111 Å². The van der Waals surface area contributed by atoms with E-state index in [0.717, 1.165) is 0 Å². The van der Waals surface area contributed by atoms with Gasteiger partial charge in [0.25, 0.3) is 0 Å². The second-order valence-corrected chi connectivity index (χ2v) is 28.6. The highest BCUT2D eigenvalue weighted by Gasteiger charge is 2.31. The van der Waals surface area contributed by atoms with Crippen LogP contribution < -0.4 is 0 Å². The number of allylic oxidation sites excluding steroid dienone is 12. The van der Waals surface area contributed by atoms with Crippen molar-refractivity contribution in [2.45, 2.75) is 0 Å². The van der Waals surface area contributed by atoms with Crippen molar-refractivity contribution in [2.24, 2.45) is 20.0 Å². The lowest BCUT2D eigenvalue weighted by atomic mass is 9.90. The average molecular weight is 1570 g/mol. The van der Waals surface area contributed by atoms with Crippen LogP contribution in [0.2, 0.25) is 0 Å². The minimum absolute atomic E-state index is 0.0431. The van der Waals surface area contributed by atoms with Crippen LogP contribution in [0.4, 0.5) is 0 Å². The minimum Gasteiger partial charge on any atom is -0.478 e. The number of nitrogens with zero attached hydrogens (tertiary/aromatic N) is 4. The number of carboxylic acid groups (broad SMARTS) is 8. The summed E-state index contributed by atoms with van der Waals surface area (Å²) < 4.78 is 0. The van der Waals surface area contributed by atoms with Crippen LogP contribution in [0.3, 0.4) is 0 Å². The summed E-state index contributed by atoms with van der Waals surface area (Å²) in [4.78, 5) is 122. The van der Waals surface area contributed by atoms with Gasteiger partial charge >= 0.3 is 47.8 Å². The second-order valence-electron chi connectivity index (χ2n) is 28.6. The van der Waals surface area contributed by atoms with E-state index in [9.17, 15) is 79.2 Å². The molecule has 20 heteroatoms. The van der Waals surface area contributed by atoms with E-state index in [1.54, 1.807) is 97.1 Å². The van der Waals surface area contributed by atoms with Crippen LogP contribution in [0, 0.1) is 0 Å². The fourth-order valence-corrected chi connectivity index (χ4v) is 15.1. The molecule has 12 aromatic rings. The molecule has 0 unspecified atom stereocenters. The Bertz CT molecular complexity index is 5770. The Morgan fingerprint density at radius 2 is 0.267 bits per heavy atom. The summed E-state index contributed by atoms with van der Waals surface area (Å²) in [6.07, 6.45) is 14.8. The van der Waals surface area contributed by atoms with Gasteiger partial charge in [-0.05, 0) is 330 Å². The van der Waals surface area contributed by atoms with Crippen LogP contribution in [-0.4, -0.2) is 111 Å². The topological polar surface area (TPSA) is 348 Å². The van der Waals surface area contributed by atoms with E-state index in [-0.39, 0.29) is 44.5 Å². The summed E-state index contributed by atoms with van der Waals surface area (Å²) in [7, 11) is 0. The van der Waals surface area contributed by atoms with Crippen molar-refractivity contribution >= 4 is 92.9 Å². The minimum atomic E-state index is -1.13. The second kappa shape index (κ2) is 31.1. The number of hydrogen-bond donors (Lipinski definition) is 8. The Hall–Kier alpha value is -17.0. The molecule has 8 N–H and O–H groups in total. The zero-order valence-corrected chi connectivity index (χ0v) is 62.7. The lowest BCUT2D eigenvalue weighted by Gasteiger charge is -2.17. The van der Waals surface area contributed by atoms with Crippen molar-refractivity contribution in [1.82, 2.24) is 0 Å². The molecule has 0 saturated carbocycles. The van der Waals surface area contributed by atoms with Crippen molar-refractivity contribution in [3.05, 3.63) is 405 Å². The van der Waals surface area contributed by atoms with Gasteiger partial charge in [0.1, 0.15) is 0 Å². The molecule has 5 heterocycles. The first-order valence-electron chi connectivity index (χ1n) is 37.4. The molecule has 0 amide bonds. The molecule has 20 nitrogen and oxygen atoms in total. The molecular weight excluding hydrogens is 1510 g/mol. The van der Waals surface area contributed by atoms with Crippen LogP contribution in [0.5, 0.6) is 0 Å². The highest BCUT2D eigenvalue weighted by atomic mass is 16.4. The molecule has 5 aliphatic heterocycles. The SMILES string of the molecule is O=C(O)c1ccc(-c2cc(C3=C4C=CC(=N4)C(c4cc(-c5ccc(C(=O)O)cc5)cc(-c5ccc(C(=O)O)cc5)c4)=C4C=CC(=N4)C(c4cc(-c5ccc(C(=O)O)cc5)cc(-c5ccc(C(=O)O)cc5)c4)=C4C=CC(=N4)C(c4cc(-c5ccc(C(=O)O)cc5)cc(-c5ccc(C(=O)O)cc5)c4)=C4C=CC3=N4)cc(-c3ccc(C(=O)O)cc3)c2)cc1. The molecule has 0 spiro atoms. The molecule has 0 atom stereocenters. The number of fused-ring (bicyclic) bond motifs is 4. The largest absolute Gasteiger partial charge is 0.478 e. The van der Waals surface area contributed by atoms with E-state index >= 15 is 0 Å². The zero-order chi connectivity index (χ0) is 83.3. The fourth-order valence-electron chi connectivity index (χ4n) is 15.1. The number of aliphatic imine (C=N–C) groups is 4. The lowest BCUT2D eigenvalue weighted by molar-refractivity contribution is 0.0686. The molecule has 576 valence electrons. The number of rotatable bonds is 20. The quantitative estimate of drug-likeness (QED) is 0.0351. The van der Waals surface area contributed by atoms with Gasteiger partial charge in [-0.1, -0.05) is 97.1 Å². The van der Waals surface area contributed by atoms with Crippen molar-refractivity contribution in [3.8, 4) is 89.0 Å². The van der Waals surface area contributed by atoms with Crippen molar-refractivity contribution in [2.75, 3.05) is 0 Å². The molecule has 0 aromatic heterocycles. The van der Waals surface area contributed by atoms with Gasteiger partial charge in [-0.15, -0.1) is 0 Å². The smallest absolute Gasteiger partial charge is 0.335 e. The summed E-state index contributed by atoms with van der Waals surface area (Å²) in [5.74, 6) is -9.08. The molecule has 12 aromatic carbocycles. The first kappa shape index (κ1) is 75.7. The third kappa shape index (κ3) is 15.1. The molecule has 0 fully saturated rings. The number of carbonyl (C=O) groups is 8. The molecule has 0 saturated heterocycles. The summed E-state index contributed by atoms with van der Waals surface area (Å²) in [6, 6.07) is 74.2. The Labute approximate surface area is 682 Å². The van der Waals surface area contributed by atoms with Gasteiger partial charge in [0, 0.05) is 22.3 Å². The maximum Gasteiger partial charge on any atom is 0.335 e. The van der Waals surface area contributed by atoms with E-state index in [1.165, 1.54) is 97.1 Å². The average Bonchev–Trinajstić information content (AvgIpc) is 1.53. The fraction of sp³-hybridized carbons (Fsp3) is 0. The zero-order valence-electron chi connectivity index (χ0n) is 62.7. The Morgan fingerprint density at radius 1 is 0.150 bits per heavy atom. The van der Waals surface area contributed by atoms with E-state index in [2.05, 4.69) is 0 Å². The van der Waals surface area contributed by atoms with E-state index < -0.39 is 47.8 Å². The Morgan fingerprint density at radius 3 is 0.383 bits per heavy atom. The molecule has 8 bridgehead atoms. The van der Waals surface area contributed by atoms with E-state index in [0.29, 0.717) is 179 Å². The van der Waals surface area contributed by atoms with Gasteiger partial charge in [-0.25, -0.2) is 58.3 Å². The third-order valence-electron chi connectivity index (χ3n) is 21.2. The summed E-state index contributed by atoms with van der Waals surface area (Å²) >= 11 is 0. The molecule has 5 aliphatic rings. The first-order valence-corrected chi connectivity index (χ1v) is 37.4. The lowest BCUT2D eigenvalue weighted by Crippen LogP contribution is -2.05. The van der Waals surface area contributed by atoms with Crippen molar-refractivity contribution in [1.29, 1.82) is 0 Å². The third-order valence-corrected chi connectivity index (χ3v) is 21.2. The normalized spacial score (nSPS) is 13.8. The van der Waals surface area contributed by atoms with Gasteiger partial charge in [0.2, 0.25) is 0 Å². The summed E-state index contributed by atoms with van der Waals surface area (Å²) in [6.45, 7) is 0. The van der Waals surface area contributed by atoms with Gasteiger partial charge < -0.3 is 40.9 Å². The van der Waals surface area contributed by atoms with Gasteiger partial charge in [-0.2, -0.15) is 0 Å². The van der Waals surface area contributed by atoms with Gasteiger partial charge in [-0.3, -0.25) is 0 Å². The standard InChI is InChI=1S/C100H60N4O16/c105-93(106)61-17-1-53(2-18-61)69-41-70(54-3-19-62(20-4-54)94(107)108)46-77(45-69)89-81-33-35-83(101-81)90(78-47-71(55-5-21-63(22-6-55)95(109)110)42-72(48-78)56-7-23-64(24-8-56)96(111)112)85-37-39-87(103-85)92(80-51-75(59-13-29-67(30-14-59)99(117)118)44-76(52-80)60-15-31-68(32-16-60)100(119)120)88-40-38-86(104-88)91(84-36-34-82(89)102-84)79-49-73(57-9-25-65(26-10-57)97(113)114)43-74(50-79)58-11-27-66(28-12-58)98(115)116/h1-52H,(H,105,106)(H,107,108)(H,109,110)(H,111,112)(H,113,114)(H,115,116)(H,117,118)(H,119,120). The van der Waals surface area contributed by atoms with Crippen molar-refractivity contribution < 1.29 is 79.2 Å².